The Balaban J connectivity index is 2.53. The van der Waals surface area contributed by atoms with E-state index in [1.54, 1.807) is 0 Å². The van der Waals surface area contributed by atoms with E-state index in [2.05, 4.69) is 10.3 Å². The van der Waals surface area contributed by atoms with Crippen LogP contribution < -0.4 is 5.32 Å². The standard InChI is InChI=1S/C7H13N3O/c1-9(2)10-4-3-8-7(5-10)6-11/h8H,3-5H2,1-2H3. The second-order valence-corrected chi connectivity index (χ2v) is 2.74. The van der Waals surface area contributed by atoms with Crippen molar-refractivity contribution in [2.24, 2.45) is 0 Å². The van der Waals surface area contributed by atoms with Crippen LogP contribution in [-0.2, 0) is 4.79 Å². The van der Waals surface area contributed by atoms with Crippen LogP contribution >= 0.6 is 0 Å². The summed E-state index contributed by atoms with van der Waals surface area (Å²) in [5, 5.41) is 7.04. The molecule has 4 nitrogen and oxygen atoms in total. The Morgan fingerprint density at radius 3 is 2.91 bits per heavy atom. The summed E-state index contributed by atoms with van der Waals surface area (Å²) in [4.78, 5) is 10.3. The number of nitrogens with one attached hydrogen (secondary N) is 1. The molecule has 1 heterocycles. The maximum atomic E-state index is 10.3. The smallest absolute Gasteiger partial charge is 0.147 e. The van der Waals surface area contributed by atoms with Crippen LogP contribution in [-0.4, -0.2) is 49.7 Å². The summed E-state index contributed by atoms with van der Waals surface area (Å²) in [6.45, 7) is 2.41. The molecule has 0 aromatic heterocycles. The molecule has 0 atom stereocenters. The van der Waals surface area contributed by atoms with Gasteiger partial charge in [0.1, 0.15) is 11.6 Å². The van der Waals surface area contributed by atoms with Gasteiger partial charge in [-0.1, -0.05) is 0 Å². The van der Waals surface area contributed by atoms with E-state index in [4.69, 9.17) is 0 Å². The molecule has 0 unspecified atom stereocenters. The van der Waals surface area contributed by atoms with Crippen LogP contribution in [0.3, 0.4) is 0 Å². The topological polar surface area (TPSA) is 35.6 Å². The molecule has 1 aliphatic rings. The Hall–Kier alpha value is -0.830. The fourth-order valence-electron chi connectivity index (χ4n) is 1.06. The molecular weight excluding hydrogens is 142 g/mol. The van der Waals surface area contributed by atoms with Crippen molar-refractivity contribution in [1.29, 1.82) is 0 Å². The molecule has 1 N–H and O–H groups in total. The number of carbonyl (C=O) groups excluding carboxylic acids is 1. The zero-order valence-electron chi connectivity index (χ0n) is 6.92. The van der Waals surface area contributed by atoms with Gasteiger partial charge in [0.15, 0.2) is 0 Å². The fourth-order valence-corrected chi connectivity index (χ4v) is 1.06. The monoisotopic (exact) mass is 155 g/mol. The predicted molar refractivity (Wildman–Crippen MR) is 42.5 cm³/mol. The first-order valence-electron chi connectivity index (χ1n) is 3.64. The molecule has 62 valence electrons. The van der Waals surface area contributed by atoms with Crippen molar-refractivity contribution < 1.29 is 4.79 Å². The van der Waals surface area contributed by atoms with Gasteiger partial charge in [-0.05, 0) is 0 Å². The largest absolute Gasteiger partial charge is 0.377 e. The SMILES string of the molecule is CN(C)N1CCNC(=C=O)C1. The van der Waals surface area contributed by atoms with Gasteiger partial charge in [-0.25, -0.2) is 14.8 Å². The van der Waals surface area contributed by atoms with Gasteiger partial charge in [0, 0.05) is 27.2 Å². The van der Waals surface area contributed by atoms with Gasteiger partial charge in [-0.2, -0.15) is 0 Å². The van der Waals surface area contributed by atoms with Gasteiger partial charge in [0.2, 0.25) is 0 Å². The summed E-state index contributed by atoms with van der Waals surface area (Å²) in [6.07, 6.45) is 0. The summed E-state index contributed by atoms with van der Waals surface area (Å²) >= 11 is 0. The molecule has 1 rings (SSSR count). The molecule has 0 spiro atoms. The summed E-state index contributed by atoms with van der Waals surface area (Å²) in [5.74, 6) is 1.88. The Morgan fingerprint density at radius 2 is 2.36 bits per heavy atom. The van der Waals surface area contributed by atoms with E-state index < -0.39 is 0 Å². The molecule has 0 bridgehead atoms. The van der Waals surface area contributed by atoms with Crippen LogP contribution in [0.5, 0.6) is 0 Å². The highest BCUT2D eigenvalue weighted by Gasteiger charge is 2.14. The van der Waals surface area contributed by atoms with Crippen molar-refractivity contribution in [3.63, 3.8) is 0 Å². The fraction of sp³-hybridized carbons (Fsp3) is 0.714. The van der Waals surface area contributed by atoms with Crippen molar-refractivity contribution in [1.82, 2.24) is 15.3 Å². The molecule has 11 heavy (non-hydrogen) atoms. The average molecular weight is 155 g/mol. The first-order valence-corrected chi connectivity index (χ1v) is 3.64. The lowest BCUT2D eigenvalue weighted by molar-refractivity contribution is 0.0256. The second-order valence-electron chi connectivity index (χ2n) is 2.74. The quantitative estimate of drug-likeness (QED) is 0.497. The first-order chi connectivity index (χ1) is 5.24. The third kappa shape index (κ3) is 2.05. The van der Waals surface area contributed by atoms with Crippen LogP contribution in [0.15, 0.2) is 5.70 Å². The Morgan fingerprint density at radius 1 is 1.64 bits per heavy atom. The zero-order chi connectivity index (χ0) is 8.27. The number of hydrogen-bond acceptors (Lipinski definition) is 4. The lowest BCUT2D eigenvalue weighted by Gasteiger charge is -2.32. The van der Waals surface area contributed by atoms with Gasteiger partial charge in [-0.3, -0.25) is 0 Å². The van der Waals surface area contributed by atoms with Crippen molar-refractivity contribution >= 4 is 5.94 Å². The lowest BCUT2D eigenvalue weighted by atomic mass is 10.3. The molecule has 0 amide bonds. The van der Waals surface area contributed by atoms with Crippen LogP contribution in [0, 0.1) is 0 Å². The van der Waals surface area contributed by atoms with Crippen molar-refractivity contribution in [2.75, 3.05) is 33.7 Å². The zero-order valence-corrected chi connectivity index (χ0v) is 6.92. The summed E-state index contributed by atoms with van der Waals surface area (Å²) in [5.41, 5.74) is 0.643. The Labute approximate surface area is 66.4 Å². The summed E-state index contributed by atoms with van der Waals surface area (Å²) in [7, 11) is 3.93. The van der Waals surface area contributed by atoms with Crippen LogP contribution in [0.1, 0.15) is 0 Å². The molecule has 0 aliphatic carbocycles. The normalized spacial score (nSPS) is 19.7. The molecule has 0 saturated carbocycles. The maximum absolute atomic E-state index is 10.3. The molecule has 1 saturated heterocycles. The number of hydrogen-bond donors (Lipinski definition) is 1. The molecule has 4 heteroatoms. The lowest BCUT2D eigenvalue weighted by Crippen LogP contribution is -2.48. The highest BCUT2D eigenvalue weighted by Crippen LogP contribution is 1.99. The number of hydrazine groups is 1. The summed E-state index contributed by atoms with van der Waals surface area (Å²) < 4.78 is 0. The van der Waals surface area contributed by atoms with Gasteiger partial charge in [0.25, 0.3) is 0 Å². The average Bonchev–Trinajstić information content (AvgIpc) is 2.05. The molecule has 0 aromatic carbocycles. The second kappa shape index (κ2) is 3.53. The van der Waals surface area contributed by atoms with E-state index in [1.165, 1.54) is 0 Å². The molecule has 1 aliphatic heterocycles. The highest BCUT2D eigenvalue weighted by molar-refractivity contribution is 5.52. The van der Waals surface area contributed by atoms with E-state index >= 15 is 0 Å². The predicted octanol–water partition coefficient (Wildman–Crippen LogP) is -0.916. The Bertz CT molecular complexity index is 184. The summed E-state index contributed by atoms with van der Waals surface area (Å²) in [6, 6.07) is 0. The van der Waals surface area contributed by atoms with Crippen molar-refractivity contribution in [3.8, 4) is 0 Å². The van der Waals surface area contributed by atoms with E-state index in [0.29, 0.717) is 12.2 Å². The van der Waals surface area contributed by atoms with Crippen LogP contribution in [0.4, 0.5) is 0 Å². The van der Waals surface area contributed by atoms with Gasteiger partial charge >= 0.3 is 0 Å². The minimum atomic E-state index is 0.643. The van der Waals surface area contributed by atoms with E-state index in [-0.39, 0.29) is 0 Å². The minimum absolute atomic E-state index is 0.643. The van der Waals surface area contributed by atoms with Crippen molar-refractivity contribution in [2.45, 2.75) is 0 Å². The molecule has 0 aromatic rings. The number of nitrogens with zero attached hydrogens (tertiary/aromatic N) is 2. The van der Waals surface area contributed by atoms with Gasteiger partial charge < -0.3 is 5.32 Å². The van der Waals surface area contributed by atoms with E-state index in [0.717, 1.165) is 13.1 Å². The van der Waals surface area contributed by atoms with Gasteiger partial charge in [-0.15, -0.1) is 0 Å². The van der Waals surface area contributed by atoms with Crippen LogP contribution in [0.2, 0.25) is 0 Å². The van der Waals surface area contributed by atoms with E-state index in [9.17, 15) is 4.79 Å². The van der Waals surface area contributed by atoms with E-state index in [1.807, 2.05) is 25.0 Å². The molecular formula is C7H13N3O. The first kappa shape index (κ1) is 8.27. The minimum Gasteiger partial charge on any atom is -0.377 e. The number of rotatable bonds is 1. The molecule has 0 radical (unpaired) electrons. The van der Waals surface area contributed by atoms with Crippen molar-refractivity contribution in [3.05, 3.63) is 5.70 Å². The highest BCUT2D eigenvalue weighted by atomic mass is 16.1. The third-order valence-electron chi connectivity index (χ3n) is 1.74. The number of piperazine rings is 1. The Kier molecular flexibility index (Phi) is 2.65. The van der Waals surface area contributed by atoms with Crippen LogP contribution in [0.25, 0.3) is 0 Å². The third-order valence-corrected chi connectivity index (χ3v) is 1.74. The molecule has 1 fully saturated rings. The maximum Gasteiger partial charge on any atom is 0.147 e. The van der Waals surface area contributed by atoms with Gasteiger partial charge in [0.05, 0.1) is 6.54 Å².